The van der Waals surface area contributed by atoms with Gasteiger partial charge in [0.25, 0.3) is 0 Å². The highest BCUT2D eigenvalue weighted by molar-refractivity contribution is 6.21. The first-order chi connectivity index (χ1) is 5.77. The molecular formula is C11H13Cl. The Labute approximate surface area is 78.6 Å². The van der Waals surface area contributed by atoms with Crippen molar-refractivity contribution in [1.29, 1.82) is 0 Å². The second-order valence-corrected chi connectivity index (χ2v) is 4.24. The molecule has 0 amide bonds. The quantitative estimate of drug-likeness (QED) is 0.536. The molecule has 2 rings (SSSR count). The Hall–Kier alpha value is -0.490. The van der Waals surface area contributed by atoms with Crippen LogP contribution in [-0.2, 0) is 6.42 Å². The van der Waals surface area contributed by atoms with Gasteiger partial charge in [0.2, 0.25) is 0 Å². The molecule has 1 aliphatic carbocycles. The number of rotatable bonds is 0. The van der Waals surface area contributed by atoms with Crippen molar-refractivity contribution in [2.75, 3.05) is 0 Å². The average molecular weight is 181 g/mol. The summed E-state index contributed by atoms with van der Waals surface area (Å²) in [7, 11) is 0. The van der Waals surface area contributed by atoms with E-state index in [-0.39, 0.29) is 5.38 Å². The molecule has 0 spiro atoms. The van der Waals surface area contributed by atoms with E-state index in [1.165, 1.54) is 17.5 Å². The summed E-state index contributed by atoms with van der Waals surface area (Å²) < 4.78 is 0. The van der Waals surface area contributed by atoms with Gasteiger partial charge in [-0.15, -0.1) is 11.6 Å². The van der Waals surface area contributed by atoms with Crippen molar-refractivity contribution in [3.05, 3.63) is 35.4 Å². The maximum atomic E-state index is 6.24. The van der Waals surface area contributed by atoms with Crippen LogP contribution in [0.1, 0.15) is 29.8 Å². The Balaban J connectivity index is 2.40. The molecular weight excluding hydrogens is 168 g/mol. The highest BCUT2D eigenvalue weighted by Crippen LogP contribution is 2.36. The van der Waals surface area contributed by atoms with E-state index in [9.17, 15) is 0 Å². The van der Waals surface area contributed by atoms with Gasteiger partial charge in [0.1, 0.15) is 0 Å². The summed E-state index contributed by atoms with van der Waals surface area (Å²) in [5.74, 6) is 0.738. The van der Waals surface area contributed by atoms with Crippen LogP contribution in [0.15, 0.2) is 24.3 Å². The van der Waals surface area contributed by atoms with Crippen LogP contribution in [-0.4, -0.2) is 0 Å². The molecule has 1 aromatic rings. The van der Waals surface area contributed by atoms with E-state index < -0.39 is 0 Å². The Morgan fingerprint density at radius 3 is 2.92 bits per heavy atom. The van der Waals surface area contributed by atoms with E-state index in [0.717, 1.165) is 12.3 Å². The van der Waals surface area contributed by atoms with E-state index in [2.05, 4.69) is 31.2 Å². The lowest BCUT2D eigenvalue weighted by Crippen LogP contribution is -2.12. The first-order valence-electron chi connectivity index (χ1n) is 4.49. The summed E-state index contributed by atoms with van der Waals surface area (Å²) in [6.45, 7) is 2.27. The highest BCUT2D eigenvalue weighted by Gasteiger charge is 2.21. The summed E-state index contributed by atoms with van der Waals surface area (Å²) in [6, 6.07) is 8.52. The predicted octanol–water partition coefficient (Wildman–Crippen LogP) is 3.55. The van der Waals surface area contributed by atoms with Crippen molar-refractivity contribution in [2.24, 2.45) is 5.92 Å². The zero-order valence-corrected chi connectivity index (χ0v) is 8.01. The molecule has 0 radical (unpaired) electrons. The van der Waals surface area contributed by atoms with Gasteiger partial charge >= 0.3 is 0 Å². The maximum Gasteiger partial charge on any atom is 0.0590 e. The molecule has 1 heteroatoms. The Morgan fingerprint density at radius 2 is 2.08 bits per heavy atom. The number of benzene rings is 1. The Morgan fingerprint density at radius 1 is 1.33 bits per heavy atom. The second-order valence-electron chi connectivity index (χ2n) is 3.71. The molecule has 2 unspecified atom stereocenters. The molecule has 0 fully saturated rings. The van der Waals surface area contributed by atoms with E-state index in [4.69, 9.17) is 11.6 Å². The SMILES string of the molecule is CC1Cc2ccccc2C(Cl)C1. The summed E-state index contributed by atoms with van der Waals surface area (Å²) in [5.41, 5.74) is 2.79. The van der Waals surface area contributed by atoms with Gasteiger partial charge in [-0.05, 0) is 29.9 Å². The van der Waals surface area contributed by atoms with Crippen LogP contribution in [0.25, 0.3) is 0 Å². The largest absolute Gasteiger partial charge is 0.118 e. The van der Waals surface area contributed by atoms with Crippen LogP contribution in [0, 0.1) is 5.92 Å². The molecule has 1 aromatic carbocycles. The van der Waals surface area contributed by atoms with Crippen LogP contribution in [0.3, 0.4) is 0 Å². The smallest absolute Gasteiger partial charge is 0.0590 e. The monoisotopic (exact) mass is 180 g/mol. The lowest BCUT2D eigenvalue weighted by Gasteiger charge is -2.25. The molecule has 0 nitrogen and oxygen atoms in total. The van der Waals surface area contributed by atoms with Gasteiger partial charge in [0.15, 0.2) is 0 Å². The molecule has 0 heterocycles. The van der Waals surface area contributed by atoms with Gasteiger partial charge < -0.3 is 0 Å². The molecule has 0 N–H and O–H groups in total. The van der Waals surface area contributed by atoms with E-state index in [0.29, 0.717) is 0 Å². The fourth-order valence-electron chi connectivity index (χ4n) is 1.96. The number of hydrogen-bond acceptors (Lipinski definition) is 0. The number of alkyl halides is 1. The van der Waals surface area contributed by atoms with Crippen LogP contribution < -0.4 is 0 Å². The van der Waals surface area contributed by atoms with Crippen molar-refractivity contribution in [1.82, 2.24) is 0 Å². The van der Waals surface area contributed by atoms with Crippen LogP contribution >= 0.6 is 11.6 Å². The summed E-state index contributed by atoms with van der Waals surface area (Å²) >= 11 is 6.24. The van der Waals surface area contributed by atoms with Gasteiger partial charge in [-0.3, -0.25) is 0 Å². The van der Waals surface area contributed by atoms with E-state index >= 15 is 0 Å². The zero-order chi connectivity index (χ0) is 8.55. The molecule has 0 saturated heterocycles. The number of fused-ring (bicyclic) bond motifs is 1. The van der Waals surface area contributed by atoms with E-state index in [1.54, 1.807) is 0 Å². The normalized spacial score (nSPS) is 28.2. The fraction of sp³-hybridized carbons (Fsp3) is 0.455. The molecule has 2 atom stereocenters. The predicted molar refractivity (Wildman–Crippen MR) is 52.5 cm³/mol. The first kappa shape index (κ1) is 8.12. The second kappa shape index (κ2) is 3.10. The summed E-state index contributed by atoms with van der Waals surface area (Å²) in [4.78, 5) is 0. The summed E-state index contributed by atoms with van der Waals surface area (Å²) in [5, 5.41) is 0.241. The number of hydrogen-bond donors (Lipinski definition) is 0. The minimum atomic E-state index is 0.241. The van der Waals surface area contributed by atoms with Crippen molar-refractivity contribution < 1.29 is 0 Å². The van der Waals surface area contributed by atoms with Gasteiger partial charge in [-0.1, -0.05) is 31.2 Å². The third-order valence-corrected chi connectivity index (χ3v) is 2.98. The number of halogens is 1. The standard InChI is InChI=1S/C11H13Cl/c1-8-6-9-4-2-3-5-10(9)11(12)7-8/h2-5,8,11H,6-7H2,1H3. The minimum absolute atomic E-state index is 0.241. The van der Waals surface area contributed by atoms with Crippen LogP contribution in [0.4, 0.5) is 0 Å². The van der Waals surface area contributed by atoms with Gasteiger partial charge in [0.05, 0.1) is 5.38 Å². The topological polar surface area (TPSA) is 0 Å². The van der Waals surface area contributed by atoms with Gasteiger partial charge in [-0.2, -0.15) is 0 Å². The molecule has 64 valence electrons. The first-order valence-corrected chi connectivity index (χ1v) is 4.93. The zero-order valence-electron chi connectivity index (χ0n) is 7.26. The minimum Gasteiger partial charge on any atom is -0.118 e. The van der Waals surface area contributed by atoms with Crippen molar-refractivity contribution in [3.63, 3.8) is 0 Å². The average Bonchev–Trinajstić information content (AvgIpc) is 2.04. The summed E-state index contributed by atoms with van der Waals surface area (Å²) in [6.07, 6.45) is 2.32. The third kappa shape index (κ3) is 1.36. The van der Waals surface area contributed by atoms with Crippen LogP contribution in [0.2, 0.25) is 0 Å². The van der Waals surface area contributed by atoms with Gasteiger partial charge in [-0.25, -0.2) is 0 Å². The van der Waals surface area contributed by atoms with E-state index in [1.807, 2.05) is 0 Å². The molecule has 0 aromatic heterocycles. The maximum absolute atomic E-state index is 6.24. The lowest BCUT2D eigenvalue weighted by molar-refractivity contribution is 0.491. The molecule has 0 bridgehead atoms. The van der Waals surface area contributed by atoms with Crippen molar-refractivity contribution >= 4 is 11.6 Å². The lowest BCUT2D eigenvalue weighted by atomic mass is 9.85. The Bertz CT molecular complexity index is 280. The molecule has 12 heavy (non-hydrogen) atoms. The highest BCUT2D eigenvalue weighted by atomic mass is 35.5. The third-order valence-electron chi connectivity index (χ3n) is 2.57. The molecule has 0 aliphatic heterocycles. The molecule has 0 saturated carbocycles. The van der Waals surface area contributed by atoms with Crippen LogP contribution in [0.5, 0.6) is 0 Å². The van der Waals surface area contributed by atoms with Crippen molar-refractivity contribution in [2.45, 2.75) is 25.1 Å². The Kier molecular flexibility index (Phi) is 2.10. The van der Waals surface area contributed by atoms with Gasteiger partial charge in [0, 0.05) is 0 Å². The van der Waals surface area contributed by atoms with Crippen molar-refractivity contribution in [3.8, 4) is 0 Å². The fourth-order valence-corrected chi connectivity index (χ4v) is 2.48. The molecule has 1 aliphatic rings.